The van der Waals surface area contributed by atoms with Crippen LogP contribution in [0.4, 0.5) is 5.13 Å². The Morgan fingerprint density at radius 1 is 1.33 bits per heavy atom. The maximum absolute atomic E-state index is 12.4. The monoisotopic (exact) mass is 369 g/mol. The van der Waals surface area contributed by atoms with E-state index in [1.54, 1.807) is 12.1 Å². The number of aromatic nitrogens is 2. The fourth-order valence-electron chi connectivity index (χ4n) is 1.93. The van der Waals surface area contributed by atoms with E-state index in [1.165, 1.54) is 18.4 Å². The van der Waals surface area contributed by atoms with Crippen molar-refractivity contribution in [2.24, 2.45) is 0 Å². The number of ether oxygens (including phenoxy) is 2. The number of unbranched alkanes of at least 4 members (excludes halogenated alkanes) is 1. The second kappa shape index (κ2) is 8.84. The van der Waals surface area contributed by atoms with E-state index in [9.17, 15) is 4.79 Å². The van der Waals surface area contributed by atoms with Gasteiger partial charge < -0.3 is 9.47 Å². The SMILES string of the molecule is CCCCOc1c(Cl)cc(C(=O)Nc2nnc(CC)s2)cc1OC. The lowest BCUT2D eigenvalue weighted by Crippen LogP contribution is -2.12. The van der Waals surface area contributed by atoms with Crippen molar-refractivity contribution in [1.82, 2.24) is 10.2 Å². The minimum Gasteiger partial charge on any atom is -0.493 e. The number of aryl methyl sites for hydroxylation is 1. The molecule has 1 heterocycles. The summed E-state index contributed by atoms with van der Waals surface area (Å²) in [6, 6.07) is 3.16. The zero-order chi connectivity index (χ0) is 17.5. The molecule has 130 valence electrons. The molecule has 0 aliphatic carbocycles. The summed E-state index contributed by atoms with van der Waals surface area (Å²) in [6.45, 7) is 4.60. The Bertz CT molecular complexity index is 706. The molecule has 0 aliphatic rings. The van der Waals surface area contributed by atoms with Gasteiger partial charge in [-0.25, -0.2) is 0 Å². The molecule has 8 heteroatoms. The molecule has 0 bridgehead atoms. The number of nitrogens with zero attached hydrogens (tertiary/aromatic N) is 2. The van der Waals surface area contributed by atoms with Crippen LogP contribution in [0.1, 0.15) is 42.1 Å². The van der Waals surface area contributed by atoms with Crippen molar-refractivity contribution in [2.75, 3.05) is 19.0 Å². The summed E-state index contributed by atoms with van der Waals surface area (Å²) in [6.07, 6.45) is 2.71. The van der Waals surface area contributed by atoms with Crippen molar-refractivity contribution < 1.29 is 14.3 Å². The first-order valence-corrected chi connectivity index (χ1v) is 8.92. The number of hydrogen-bond acceptors (Lipinski definition) is 6. The molecule has 0 spiro atoms. The summed E-state index contributed by atoms with van der Waals surface area (Å²) < 4.78 is 11.0. The largest absolute Gasteiger partial charge is 0.493 e. The Hall–Kier alpha value is -1.86. The van der Waals surface area contributed by atoms with E-state index >= 15 is 0 Å². The predicted octanol–water partition coefficient (Wildman–Crippen LogP) is 4.19. The summed E-state index contributed by atoms with van der Waals surface area (Å²) >= 11 is 7.60. The number of hydrogen-bond donors (Lipinski definition) is 1. The number of amides is 1. The summed E-state index contributed by atoms with van der Waals surface area (Å²) in [5.41, 5.74) is 0.368. The van der Waals surface area contributed by atoms with Gasteiger partial charge in [0.05, 0.1) is 18.7 Å². The third-order valence-corrected chi connectivity index (χ3v) is 4.49. The van der Waals surface area contributed by atoms with Crippen LogP contribution in [0, 0.1) is 0 Å². The third-order valence-electron chi connectivity index (χ3n) is 3.23. The standard InChI is InChI=1S/C16H20ClN3O3S/c1-4-6-7-23-14-11(17)8-10(9-12(14)22-3)15(21)18-16-20-19-13(5-2)24-16/h8-9H,4-7H2,1-3H3,(H,18,20,21). The maximum Gasteiger partial charge on any atom is 0.257 e. The number of benzene rings is 1. The summed E-state index contributed by atoms with van der Waals surface area (Å²) in [4.78, 5) is 12.4. The van der Waals surface area contributed by atoms with Gasteiger partial charge >= 0.3 is 0 Å². The fraction of sp³-hybridized carbons (Fsp3) is 0.438. The van der Waals surface area contributed by atoms with E-state index in [1.807, 2.05) is 6.92 Å². The third kappa shape index (κ3) is 4.58. The molecule has 6 nitrogen and oxygen atoms in total. The Kier molecular flexibility index (Phi) is 6.81. The van der Waals surface area contributed by atoms with Gasteiger partial charge in [0.25, 0.3) is 5.91 Å². The molecule has 0 saturated heterocycles. The van der Waals surface area contributed by atoms with Crippen LogP contribution >= 0.6 is 22.9 Å². The Balaban J connectivity index is 2.17. The fourth-order valence-corrected chi connectivity index (χ4v) is 2.87. The molecule has 0 saturated carbocycles. The van der Waals surface area contributed by atoms with Crippen molar-refractivity contribution in [3.8, 4) is 11.5 Å². The van der Waals surface area contributed by atoms with E-state index in [4.69, 9.17) is 21.1 Å². The minimum absolute atomic E-state index is 0.325. The Morgan fingerprint density at radius 2 is 2.12 bits per heavy atom. The number of carbonyl (C=O) groups is 1. The van der Waals surface area contributed by atoms with Crippen LogP contribution in [0.5, 0.6) is 11.5 Å². The molecule has 1 amide bonds. The highest BCUT2D eigenvalue weighted by Gasteiger charge is 2.17. The first-order valence-electron chi connectivity index (χ1n) is 7.73. The minimum atomic E-state index is -0.325. The van der Waals surface area contributed by atoms with E-state index in [0.717, 1.165) is 24.3 Å². The molecule has 0 atom stereocenters. The average Bonchev–Trinajstić information content (AvgIpc) is 3.03. The van der Waals surface area contributed by atoms with Crippen molar-refractivity contribution in [3.63, 3.8) is 0 Å². The Labute approximate surface area is 150 Å². The quantitative estimate of drug-likeness (QED) is 0.706. The summed E-state index contributed by atoms with van der Waals surface area (Å²) in [5, 5.41) is 12.3. The van der Waals surface area contributed by atoms with Gasteiger partial charge in [-0.05, 0) is 25.0 Å². The number of nitrogens with one attached hydrogen (secondary N) is 1. The number of methoxy groups -OCH3 is 1. The summed E-state index contributed by atoms with van der Waals surface area (Å²) in [5.74, 6) is 0.553. The second-order valence-corrected chi connectivity index (χ2v) is 6.47. The van der Waals surface area contributed by atoms with Crippen molar-refractivity contribution in [2.45, 2.75) is 33.1 Å². The summed E-state index contributed by atoms with van der Waals surface area (Å²) in [7, 11) is 1.51. The van der Waals surface area contributed by atoms with Crippen LogP contribution in [-0.4, -0.2) is 29.8 Å². The van der Waals surface area contributed by atoms with Gasteiger partial charge in [-0.2, -0.15) is 0 Å². The van der Waals surface area contributed by atoms with E-state index in [0.29, 0.717) is 33.8 Å². The lowest BCUT2D eigenvalue weighted by Gasteiger charge is -2.13. The molecular formula is C16H20ClN3O3S. The molecule has 2 rings (SSSR count). The molecule has 0 fully saturated rings. The molecule has 1 aromatic carbocycles. The zero-order valence-corrected chi connectivity index (χ0v) is 15.5. The lowest BCUT2D eigenvalue weighted by atomic mass is 10.2. The first-order chi connectivity index (χ1) is 11.6. The predicted molar refractivity (Wildman–Crippen MR) is 95.6 cm³/mol. The highest BCUT2D eigenvalue weighted by Crippen LogP contribution is 2.36. The first kappa shape index (κ1) is 18.5. The van der Waals surface area contributed by atoms with Gasteiger partial charge in [0, 0.05) is 5.56 Å². The molecule has 0 aliphatic heterocycles. The highest BCUT2D eigenvalue weighted by molar-refractivity contribution is 7.15. The molecule has 1 N–H and O–H groups in total. The lowest BCUT2D eigenvalue weighted by molar-refractivity contribution is 0.102. The molecular weight excluding hydrogens is 350 g/mol. The van der Waals surface area contributed by atoms with Crippen LogP contribution < -0.4 is 14.8 Å². The average molecular weight is 370 g/mol. The Morgan fingerprint density at radius 3 is 2.75 bits per heavy atom. The highest BCUT2D eigenvalue weighted by atomic mass is 35.5. The van der Waals surface area contributed by atoms with Gasteiger partial charge in [-0.1, -0.05) is 43.2 Å². The molecule has 0 unspecified atom stereocenters. The van der Waals surface area contributed by atoms with Crippen LogP contribution in [0.3, 0.4) is 0 Å². The van der Waals surface area contributed by atoms with Gasteiger partial charge in [0.2, 0.25) is 5.13 Å². The van der Waals surface area contributed by atoms with Gasteiger partial charge in [0.15, 0.2) is 11.5 Å². The van der Waals surface area contributed by atoms with Crippen molar-refractivity contribution in [1.29, 1.82) is 0 Å². The molecule has 0 radical (unpaired) electrons. The van der Waals surface area contributed by atoms with Crippen LogP contribution in [-0.2, 0) is 6.42 Å². The number of anilines is 1. The van der Waals surface area contributed by atoms with Crippen LogP contribution in [0.25, 0.3) is 0 Å². The van der Waals surface area contributed by atoms with Crippen LogP contribution in [0.15, 0.2) is 12.1 Å². The van der Waals surface area contributed by atoms with E-state index < -0.39 is 0 Å². The smallest absolute Gasteiger partial charge is 0.257 e. The normalized spacial score (nSPS) is 10.5. The number of halogens is 1. The van der Waals surface area contributed by atoms with Crippen molar-refractivity contribution >= 4 is 34.0 Å². The van der Waals surface area contributed by atoms with Gasteiger partial charge in [0.1, 0.15) is 5.01 Å². The molecule has 24 heavy (non-hydrogen) atoms. The molecule has 1 aromatic heterocycles. The van der Waals surface area contributed by atoms with Gasteiger partial charge in [-0.3, -0.25) is 10.1 Å². The van der Waals surface area contributed by atoms with Crippen LogP contribution in [0.2, 0.25) is 5.02 Å². The van der Waals surface area contributed by atoms with Gasteiger partial charge in [-0.15, -0.1) is 10.2 Å². The van der Waals surface area contributed by atoms with Crippen molar-refractivity contribution in [3.05, 3.63) is 27.7 Å². The molecule has 2 aromatic rings. The van der Waals surface area contributed by atoms with E-state index in [-0.39, 0.29) is 5.91 Å². The zero-order valence-electron chi connectivity index (χ0n) is 13.9. The second-order valence-electron chi connectivity index (χ2n) is 5.00. The number of rotatable bonds is 8. The number of carbonyl (C=O) groups excluding carboxylic acids is 1. The van der Waals surface area contributed by atoms with E-state index in [2.05, 4.69) is 22.4 Å². The maximum atomic E-state index is 12.4. The topological polar surface area (TPSA) is 73.3 Å².